The summed E-state index contributed by atoms with van der Waals surface area (Å²) in [5.74, 6) is 1.26. The van der Waals surface area contributed by atoms with E-state index in [9.17, 15) is 18.0 Å². The van der Waals surface area contributed by atoms with Crippen LogP contribution >= 0.6 is 0 Å². The molecule has 2 aliphatic rings. The normalized spacial score (nSPS) is 19.2. The smallest absolute Gasteiger partial charge is 0.356 e. The molecule has 1 unspecified atom stereocenters. The van der Waals surface area contributed by atoms with Crippen molar-refractivity contribution in [3.8, 4) is 11.3 Å². The molecule has 1 aliphatic carbocycles. The van der Waals surface area contributed by atoms with Crippen molar-refractivity contribution in [2.24, 2.45) is 13.0 Å². The summed E-state index contributed by atoms with van der Waals surface area (Å²) in [4.78, 5) is 15.7. The van der Waals surface area contributed by atoms with Crippen molar-refractivity contribution in [3.63, 3.8) is 0 Å². The number of rotatable bonds is 7. The van der Waals surface area contributed by atoms with Crippen LogP contribution in [0.15, 0.2) is 36.7 Å². The molecule has 0 spiro atoms. The van der Waals surface area contributed by atoms with Crippen LogP contribution in [-0.4, -0.2) is 48.4 Å². The molecule has 3 N–H and O–H groups in total. The van der Waals surface area contributed by atoms with Crippen LogP contribution in [-0.2, 0) is 24.6 Å². The number of piperidine rings is 1. The standard InChI is InChI=1S/C27H29F3N8O/c1-38-14-33-37-26(38)23(15-4-2-5-15)16-6-3-7-17(10-16)24-19-12-21(27(28,29)30)34-20(25(19)36-35-24)13-32-18-8-9-31-22(39)11-18/h3,6-7,10,12,14-15,18,23,32H,2,4-5,8-9,11,13H2,1H3,(H,31,39)(H,35,36)/t18?,23-/m1/s1. The third-order valence-electron chi connectivity index (χ3n) is 7.89. The number of carbonyl (C=O) groups excluding carboxylic acids is 1. The molecule has 1 saturated carbocycles. The van der Waals surface area contributed by atoms with E-state index in [1.54, 1.807) is 6.33 Å². The molecule has 204 valence electrons. The Hall–Kier alpha value is -3.80. The zero-order valence-corrected chi connectivity index (χ0v) is 21.4. The van der Waals surface area contributed by atoms with Crippen molar-refractivity contribution in [2.45, 2.75) is 56.8 Å². The highest BCUT2D eigenvalue weighted by Gasteiger charge is 2.35. The molecule has 0 radical (unpaired) electrons. The predicted molar refractivity (Wildman–Crippen MR) is 137 cm³/mol. The third-order valence-corrected chi connectivity index (χ3v) is 7.89. The van der Waals surface area contributed by atoms with Crippen LogP contribution in [0.25, 0.3) is 22.2 Å². The van der Waals surface area contributed by atoms with Crippen LogP contribution in [0.5, 0.6) is 0 Å². The number of fused-ring (bicyclic) bond motifs is 1. The van der Waals surface area contributed by atoms with E-state index >= 15 is 0 Å². The van der Waals surface area contributed by atoms with Gasteiger partial charge in [-0.25, -0.2) is 4.98 Å². The Kier molecular flexibility index (Phi) is 6.57. The Morgan fingerprint density at radius 2 is 2.05 bits per heavy atom. The van der Waals surface area contributed by atoms with Crippen LogP contribution in [0.3, 0.4) is 0 Å². The molecule has 12 heteroatoms. The quantitative estimate of drug-likeness (QED) is 0.327. The molecular formula is C27H29F3N8O. The summed E-state index contributed by atoms with van der Waals surface area (Å²) in [7, 11) is 1.92. The Morgan fingerprint density at radius 3 is 2.74 bits per heavy atom. The lowest BCUT2D eigenvalue weighted by Crippen LogP contribution is -2.43. The van der Waals surface area contributed by atoms with E-state index < -0.39 is 11.9 Å². The second-order valence-electron chi connectivity index (χ2n) is 10.5. The lowest BCUT2D eigenvalue weighted by atomic mass is 9.72. The van der Waals surface area contributed by atoms with Crippen molar-refractivity contribution in [1.29, 1.82) is 0 Å². The first kappa shape index (κ1) is 25.5. The van der Waals surface area contributed by atoms with Gasteiger partial charge in [0.15, 0.2) is 0 Å². The molecule has 0 bridgehead atoms. The zero-order chi connectivity index (χ0) is 27.1. The summed E-state index contributed by atoms with van der Waals surface area (Å²) in [6, 6.07) is 8.74. The third kappa shape index (κ3) is 5.00. The molecule has 6 rings (SSSR count). The molecule has 3 aromatic heterocycles. The number of nitrogens with zero attached hydrogens (tertiary/aromatic N) is 5. The molecule has 1 saturated heterocycles. The number of carbonyl (C=O) groups is 1. The average Bonchev–Trinajstić information content (AvgIpc) is 3.50. The van der Waals surface area contributed by atoms with Gasteiger partial charge in [-0.05, 0) is 42.9 Å². The van der Waals surface area contributed by atoms with E-state index in [4.69, 9.17) is 0 Å². The molecule has 1 amide bonds. The van der Waals surface area contributed by atoms with Gasteiger partial charge in [-0.2, -0.15) is 18.3 Å². The molecular weight excluding hydrogens is 509 g/mol. The summed E-state index contributed by atoms with van der Waals surface area (Å²) < 4.78 is 43.6. The second kappa shape index (κ2) is 10.1. The van der Waals surface area contributed by atoms with Crippen molar-refractivity contribution < 1.29 is 18.0 Å². The summed E-state index contributed by atoms with van der Waals surface area (Å²) in [5, 5.41) is 22.2. The lowest BCUT2D eigenvalue weighted by Gasteiger charge is -2.33. The number of amides is 1. The number of aromatic nitrogens is 6. The van der Waals surface area contributed by atoms with Crippen LogP contribution < -0.4 is 10.6 Å². The predicted octanol–water partition coefficient (Wildman–Crippen LogP) is 4.07. The fourth-order valence-corrected chi connectivity index (χ4v) is 5.63. The van der Waals surface area contributed by atoms with E-state index in [0.717, 1.165) is 36.7 Å². The van der Waals surface area contributed by atoms with E-state index in [-0.39, 0.29) is 36.5 Å². The highest BCUT2D eigenvalue weighted by Crippen LogP contribution is 2.43. The number of H-pyrrole nitrogens is 1. The number of halogens is 3. The summed E-state index contributed by atoms with van der Waals surface area (Å²) in [5.41, 5.74) is 1.87. The van der Waals surface area contributed by atoms with Gasteiger partial charge in [0, 0.05) is 49.5 Å². The van der Waals surface area contributed by atoms with Crippen LogP contribution in [0.2, 0.25) is 0 Å². The lowest BCUT2D eigenvalue weighted by molar-refractivity contribution is -0.141. The highest BCUT2D eigenvalue weighted by atomic mass is 19.4. The molecule has 4 heterocycles. The van der Waals surface area contributed by atoms with Gasteiger partial charge in [-0.3, -0.25) is 9.89 Å². The number of alkyl halides is 3. The number of aromatic amines is 1. The Labute approximate surface area is 222 Å². The van der Waals surface area contributed by atoms with Gasteiger partial charge in [-0.15, -0.1) is 10.2 Å². The number of hydrogen-bond acceptors (Lipinski definition) is 6. The Morgan fingerprint density at radius 1 is 1.21 bits per heavy atom. The molecule has 2 fully saturated rings. The second-order valence-corrected chi connectivity index (χ2v) is 10.5. The van der Waals surface area contributed by atoms with E-state index in [1.807, 2.05) is 35.9 Å². The molecule has 2 atom stereocenters. The number of hydrogen-bond donors (Lipinski definition) is 3. The largest absolute Gasteiger partial charge is 0.433 e. The first-order valence-electron chi connectivity index (χ1n) is 13.2. The van der Waals surface area contributed by atoms with E-state index in [0.29, 0.717) is 41.0 Å². The summed E-state index contributed by atoms with van der Waals surface area (Å²) >= 11 is 0. The molecule has 1 aliphatic heterocycles. The van der Waals surface area contributed by atoms with Crippen LogP contribution in [0.1, 0.15) is 60.8 Å². The number of aryl methyl sites for hydroxylation is 1. The first-order valence-corrected chi connectivity index (χ1v) is 13.2. The molecule has 39 heavy (non-hydrogen) atoms. The van der Waals surface area contributed by atoms with Gasteiger partial charge < -0.3 is 15.2 Å². The number of nitrogens with one attached hydrogen (secondary N) is 3. The maximum Gasteiger partial charge on any atom is 0.433 e. The first-order chi connectivity index (χ1) is 18.8. The van der Waals surface area contributed by atoms with E-state index in [1.165, 1.54) is 0 Å². The minimum Gasteiger partial charge on any atom is -0.356 e. The van der Waals surface area contributed by atoms with Crippen LogP contribution in [0.4, 0.5) is 13.2 Å². The fourth-order valence-electron chi connectivity index (χ4n) is 5.63. The monoisotopic (exact) mass is 538 g/mol. The maximum absolute atomic E-state index is 13.9. The maximum atomic E-state index is 13.9. The topological polar surface area (TPSA) is 113 Å². The fraction of sp³-hybridized carbons (Fsp3) is 0.444. The number of pyridine rings is 1. The average molecular weight is 539 g/mol. The number of benzene rings is 1. The van der Waals surface area contributed by atoms with Crippen molar-refractivity contribution >= 4 is 16.8 Å². The summed E-state index contributed by atoms with van der Waals surface area (Å²) in [6.45, 7) is 0.610. The Bertz CT molecular complexity index is 1510. The van der Waals surface area contributed by atoms with Gasteiger partial charge in [0.2, 0.25) is 5.91 Å². The van der Waals surface area contributed by atoms with Crippen molar-refractivity contribution in [3.05, 3.63) is 59.4 Å². The van der Waals surface area contributed by atoms with Gasteiger partial charge in [0.05, 0.1) is 11.2 Å². The summed E-state index contributed by atoms with van der Waals surface area (Å²) in [6.07, 6.45) is 1.38. The minimum absolute atomic E-state index is 0.0382. The van der Waals surface area contributed by atoms with Crippen molar-refractivity contribution in [1.82, 2.24) is 40.6 Å². The van der Waals surface area contributed by atoms with Gasteiger partial charge in [0.25, 0.3) is 0 Å². The molecule has 9 nitrogen and oxygen atoms in total. The van der Waals surface area contributed by atoms with E-state index in [2.05, 4.69) is 36.0 Å². The molecule has 1 aromatic carbocycles. The zero-order valence-electron chi connectivity index (χ0n) is 21.4. The Balaban J connectivity index is 1.38. The van der Waals surface area contributed by atoms with Gasteiger partial charge in [-0.1, -0.05) is 24.6 Å². The van der Waals surface area contributed by atoms with Crippen molar-refractivity contribution in [2.75, 3.05) is 6.54 Å². The SMILES string of the molecule is Cn1cnnc1[C@@H](c1cccc(-c2n[nH]c3c(CNC4CCNC(=O)C4)nc(C(F)(F)F)cc23)c1)C1CCC1. The minimum atomic E-state index is -4.62. The van der Waals surface area contributed by atoms with Crippen LogP contribution in [0, 0.1) is 5.92 Å². The van der Waals surface area contributed by atoms with Gasteiger partial charge in [0.1, 0.15) is 23.5 Å². The van der Waals surface area contributed by atoms with Gasteiger partial charge >= 0.3 is 6.18 Å². The highest BCUT2D eigenvalue weighted by molar-refractivity contribution is 5.94. The molecule has 4 aromatic rings.